The molecule has 2 amide bonds. The van der Waals surface area contributed by atoms with Crippen LogP contribution in [0, 0.1) is 5.82 Å². The summed E-state index contributed by atoms with van der Waals surface area (Å²) in [5.41, 5.74) is 3.62. The first kappa shape index (κ1) is 23.6. The van der Waals surface area contributed by atoms with Crippen LogP contribution in [0.15, 0.2) is 30.3 Å². The van der Waals surface area contributed by atoms with Gasteiger partial charge in [0.15, 0.2) is 5.82 Å². The van der Waals surface area contributed by atoms with Crippen LogP contribution in [0.2, 0.25) is 0 Å². The molecule has 180 valence electrons. The highest BCUT2D eigenvalue weighted by atomic mass is 19.1. The van der Waals surface area contributed by atoms with E-state index >= 15 is 4.39 Å². The van der Waals surface area contributed by atoms with Gasteiger partial charge in [0, 0.05) is 69.8 Å². The second-order valence-corrected chi connectivity index (χ2v) is 8.97. The molecule has 2 heterocycles. The van der Waals surface area contributed by atoms with Crippen LogP contribution >= 0.6 is 0 Å². The van der Waals surface area contributed by atoms with Crippen molar-refractivity contribution >= 4 is 28.4 Å². The van der Waals surface area contributed by atoms with Gasteiger partial charge in [-0.1, -0.05) is 0 Å². The zero-order chi connectivity index (χ0) is 24.6. The largest absolute Gasteiger partial charge is 0.496 e. The average molecular weight is 467 g/mol. The molecule has 1 aliphatic heterocycles. The molecule has 2 aromatic carbocycles. The number of aromatic nitrogens is 1. The number of likely N-dealkylation sites (tertiary alicyclic amines) is 1. The number of hydrogen-bond acceptors (Lipinski definition) is 4. The van der Waals surface area contributed by atoms with Crippen molar-refractivity contribution in [3.05, 3.63) is 47.4 Å². The number of amides is 2. The fourth-order valence-corrected chi connectivity index (χ4v) is 4.74. The van der Waals surface area contributed by atoms with Crippen molar-refractivity contribution in [1.29, 1.82) is 0 Å². The molecule has 1 atom stereocenters. The Morgan fingerprint density at radius 3 is 2.62 bits per heavy atom. The molecule has 0 aliphatic carbocycles. The minimum absolute atomic E-state index is 0.00512. The van der Waals surface area contributed by atoms with Crippen molar-refractivity contribution < 1.29 is 18.7 Å². The summed E-state index contributed by atoms with van der Waals surface area (Å²) in [6.45, 7) is 2.70. The number of halogens is 1. The SMILES string of the molecule is CNc1ccc(-c2cc([C@H]3CCCN(C(C)=O)C3)c(F)c3[nH]c(C(=O)N(C)C)cc23)c(OC)c1. The molecule has 0 bridgehead atoms. The lowest BCUT2D eigenvalue weighted by Gasteiger charge is -2.32. The van der Waals surface area contributed by atoms with Gasteiger partial charge in [0.25, 0.3) is 5.91 Å². The number of fused-ring (bicyclic) bond motifs is 1. The quantitative estimate of drug-likeness (QED) is 0.582. The van der Waals surface area contributed by atoms with Crippen molar-refractivity contribution in [2.24, 2.45) is 0 Å². The zero-order valence-electron chi connectivity index (χ0n) is 20.3. The minimum atomic E-state index is -0.377. The Hall–Kier alpha value is -3.55. The Morgan fingerprint density at radius 2 is 1.97 bits per heavy atom. The molecule has 1 aromatic heterocycles. The number of piperidine rings is 1. The van der Waals surface area contributed by atoms with E-state index in [0.29, 0.717) is 35.5 Å². The first-order valence-corrected chi connectivity index (χ1v) is 11.4. The van der Waals surface area contributed by atoms with Gasteiger partial charge in [0.1, 0.15) is 11.4 Å². The Bertz CT molecular complexity index is 1250. The van der Waals surface area contributed by atoms with Gasteiger partial charge >= 0.3 is 0 Å². The van der Waals surface area contributed by atoms with E-state index in [-0.39, 0.29) is 29.1 Å². The molecule has 3 aromatic rings. The van der Waals surface area contributed by atoms with Gasteiger partial charge in [-0.2, -0.15) is 0 Å². The van der Waals surface area contributed by atoms with Crippen molar-refractivity contribution in [1.82, 2.24) is 14.8 Å². The van der Waals surface area contributed by atoms with Gasteiger partial charge in [-0.25, -0.2) is 4.39 Å². The van der Waals surface area contributed by atoms with Crippen molar-refractivity contribution in [3.63, 3.8) is 0 Å². The number of H-pyrrole nitrogens is 1. The van der Waals surface area contributed by atoms with Crippen molar-refractivity contribution in [3.8, 4) is 16.9 Å². The van der Waals surface area contributed by atoms with Crippen LogP contribution in [-0.4, -0.2) is 67.9 Å². The third kappa shape index (κ3) is 4.20. The number of anilines is 1. The lowest BCUT2D eigenvalue weighted by atomic mass is 9.86. The van der Waals surface area contributed by atoms with E-state index in [1.54, 1.807) is 39.1 Å². The van der Waals surface area contributed by atoms with E-state index in [9.17, 15) is 9.59 Å². The molecule has 0 saturated carbocycles. The Balaban J connectivity index is 1.95. The lowest BCUT2D eigenvalue weighted by Crippen LogP contribution is -2.37. The number of aromatic amines is 1. The fraction of sp³-hybridized carbons (Fsp3) is 0.385. The number of carbonyl (C=O) groups is 2. The number of ether oxygens (including phenoxy) is 1. The molecule has 0 unspecified atom stereocenters. The summed E-state index contributed by atoms with van der Waals surface area (Å²) in [7, 11) is 6.75. The minimum Gasteiger partial charge on any atom is -0.496 e. The van der Waals surface area contributed by atoms with Crippen LogP contribution in [0.25, 0.3) is 22.0 Å². The standard InChI is InChI=1S/C26H31FN4O3/c1-15(32)31-10-6-7-16(14-31)19-12-20(18-9-8-17(28-2)11-23(18)34-5)21-13-22(26(33)30(3)4)29-25(21)24(19)27/h8-9,11-13,16,28-29H,6-7,10,14H2,1-5H3/t16-/m0/s1. The Morgan fingerprint density at radius 1 is 1.21 bits per heavy atom. The first-order chi connectivity index (χ1) is 16.2. The summed E-state index contributed by atoms with van der Waals surface area (Å²) in [5.74, 6) is -0.116. The number of carbonyl (C=O) groups excluding carboxylic acids is 2. The van der Waals surface area contributed by atoms with Crippen LogP contribution in [0.3, 0.4) is 0 Å². The van der Waals surface area contributed by atoms with Crippen LogP contribution in [0.4, 0.5) is 10.1 Å². The lowest BCUT2D eigenvalue weighted by molar-refractivity contribution is -0.130. The molecule has 1 aliphatic rings. The fourth-order valence-electron chi connectivity index (χ4n) is 4.74. The highest BCUT2D eigenvalue weighted by molar-refractivity contribution is 6.04. The summed E-state index contributed by atoms with van der Waals surface area (Å²) < 4.78 is 21.6. The maximum atomic E-state index is 16.0. The summed E-state index contributed by atoms with van der Waals surface area (Å²) in [6, 6.07) is 9.32. The van der Waals surface area contributed by atoms with E-state index in [1.807, 2.05) is 31.3 Å². The average Bonchev–Trinajstić information content (AvgIpc) is 3.29. The maximum absolute atomic E-state index is 16.0. The van der Waals surface area contributed by atoms with Crippen LogP contribution in [0.1, 0.15) is 41.7 Å². The second kappa shape index (κ2) is 9.37. The van der Waals surface area contributed by atoms with E-state index in [1.165, 1.54) is 4.90 Å². The number of benzene rings is 2. The second-order valence-electron chi connectivity index (χ2n) is 8.97. The zero-order valence-corrected chi connectivity index (χ0v) is 20.3. The third-order valence-electron chi connectivity index (χ3n) is 6.60. The molecule has 0 radical (unpaired) electrons. The number of methoxy groups -OCH3 is 1. The third-order valence-corrected chi connectivity index (χ3v) is 6.60. The summed E-state index contributed by atoms with van der Waals surface area (Å²) >= 11 is 0. The molecular formula is C26H31FN4O3. The molecular weight excluding hydrogens is 435 g/mol. The number of nitrogens with one attached hydrogen (secondary N) is 2. The summed E-state index contributed by atoms with van der Waals surface area (Å²) in [4.78, 5) is 30.9. The Labute approximate surface area is 198 Å². The number of hydrogen-bond donors (Lipinski definition) is 2. The molecule has 2 N–H and O–H groups in total. The maximum Gasteiger partial charge on any atom is 0.269 e. The van der Waals surface area contributed by atoms with Gasteiger partial charge < -0.3 is 24.8 Å². The van der Waals surface area contributed by atoms with E-state index in [4.69, 9.17) is 4.74 Å². The molecule has 34 heavy (non-hydrogen) atoms. The van der Waals surface area contributed by atoms with Crippen LogP contribution in [0.5, 0.6) is 5.75 Å². The van der Waals surface area contributed by atoms with Crippen molar-refractivity contribution in [2.45, 2.75) is 25.7 Å². The van der Waals surface area contributed by atoms with E-state index in [2.05, 4.69) is 10.3 Å². The molecule has 0 spiro atoms. The first-order valence-electron chi connectivity index (χ1n) is 11.4. The molecule has 4 rings (SSSR count). The topological polar surface area (TPSA) is 77.7 Å². The summed E-state index contributed by atoms with van der Waals surface area (Å²) in [6.07, 6.45) is 1.60. The van der Waals surface area contributed by atoms with Crippen LogP contribution < -0.4 is 10.1 Å². The number of nitrogens with zero attached hydrogens (tertiary/aromatic N) is 2. The molecule has 1 fully saturated rings. The highest BCUT2D eigenvalue weighted by Gasteiger charge is 2.28. The predicted octanol–water partition coefficient (Wildman–Crippen LogP) is 4.45. The number of rotatable bonds is 5. The molecule has 7 nitrogen and oxygen atoms in total. The summed E-state index contributed by atoms with van der Waals surface area (Å²) in [5, 5.41) is 3.72. The monoisotopic (exact) mass is 466 g/mol. The predicted molar refractivity (Wildman–Crippen MR) is 132 cm³/mol. The van der Waals surface area contributed by atoms with E-state index < -0.39 is 0 Å². The van der Waals surface area contributed by atoms with Crippen molar-refractivity contribution in [2.75, 3.05) is 46.7 Å². The highest BCUT2D eigenvalue weighted by Crippen LogP contribution is 2.42. The Kier molecular flexibility index (Phi) is 6.50. The van der Waals surface area contributed by atoms with Gasteiger partial charge in [-0.15, -0.1) is 0 Å². The van der Waals surface area contributed by atoms with E-state index in [0.717, 1.165) is 29.7 Å². The van der Waals surface area contributed by atoms with Crippen LogP contribution in [-0.2, 0) is 4.79 Å². The molecule has 1 saturated heterocycles. The normalized spacial score (nSPS) is 15.9. The molecule has 8 heteroatoms. The van der Waals surface area contributed by atoms with Gasteiger partial charge in [0.05, 0.1) is 12.6 Å². The smallest absolute Gasteiger partial charge is 0.269 e. The van der Waals surface area contributed by atoms with Gasteiger partial charge in [-0.05, 0) is 48.2 Å². The van der Waals surface area contributed by atoms with Gasteiger partial charge in [0.2, 0.25) is 5.91 Å². The van der Waals surface area contributed by atoms with Gasteiger partial charge in [-0.3, -0.25) is 9.59 Å².